The summed E-state index contributed by atoms with van der Waals surface area (Å²) in [4.78, 5) is 0. The third-order valence-corrected chi connectivity index (χ3v) is 4.83. The summed E-state index contributed by atoms with van der Waals surface area (Å²) < 4.78 is 37.8. The lowest BCUT2D eigenvalue weighted by Gasteiger charge is -2.25. The van der Waals surface area contributed by atoms with Crippen LogP contribution < -0.4 is 0 Å². The highest BCUT2D eigenvalue weighted by Gasteiger charge is 2.30. The Morgan fingerprint density at radius 1 is 0.950 bits per heavy atom. The van der Waals surface area contributed by atoms with E-state index in [4.69, 9.17) is 0 Å². The first kappa shape index (κ1) is 13.6. The fraction of sp³-hybridized carbons (Fsp3) is 0.250. The van der Waals surface area contributed by atoms with E-state index < -0.39 is 11.7 Å². The van der Waals surface area contributed by atoms with Gasteiger partial charge in [-0.05, 0) is 41.0 Å². The van der Waals surface area contributed by atoms with Crippen molar-refractivity contribution in [3.8, 4) is 0 Å². The molecule has 4 heteroatoms. The number of hydrogen-bond donors (Lipinski definition) is 0. The highest BCUT2D eigenvalue weighted by Crippen LogP contribution is 2.42. The normalized spacial score (nSPS) is 18.6. The smallest absolute Gasteiger partial charge is 0.166 e. The molecule has 1 aliphatic rings. The molecule has 1 atom stereocenters. The molecule has 0 aliphatic carbocycles. The van der Waals surface area contributed by atoms with Crippen molar-refractivity contribution in [3.05, 3.63) is 70.8 Å². The molecule has 0 amide bonds. The van der Waals surface area contributed by atoms with Gasteiger partial charge < -0.3 is 0 Å². The van der Waals surface area contributed by atoms with Gasteiger partial charge in [-0.25, -0.2) is 0 Å². The van der Waals surface area contributed by atoms with Gasteiger partial charge in [0.25, 0.3) is 0 Å². The van der Waals surface area contributed by atoms with Crippen LogP contribution in [0.2, 0.25) is 0 Å². The largest absolute Gasteiger partial charge is 0.416 e. The SMILES string of the molecule is FC(F)(F)c1ccc(C2SCCc3ccccc32)cc1. The molecule has 0 fully saturated rings. The third kappa shape index (κ3) is 2.57. The van der Waals surface area contributed by atoms with Crippen LogP contribution in [0.1, 0.15) is 27.5 Å². The fourth-order valence-electron chi connectivity index (χ4n) is 2.52. The first-order valence-corrected chi connectivity index (χ1v) is 7.47. The quantitative estimate of drug-likeness (QED) is 0.706. The van der Waals surface area contributed by atoms with Gasteiger partial charge in [0.2, 0.25) is 0 Å². The second-order valence-electron chi connectivity index (χ2n) is 4.82. The Morgan fingerprint density at radius 2 is 1.65 bits per heavy atom. The van der Waals surface area contributed by atoms with E-state index in [-0.39, 0.29) is 5.25 Å². The lowest BCUT2D eigenvalue weighted by molar-refractivity contribution is -0.137. The van der Waals surface area contributed by atoms with Gasteiger partial charge in [0.15, 0.2) is 0 Å². The van der Waals surface area contributed by atoms with Crippen molar-refractivity contribution in [2.45, 2.75) is 17.8 Å². The van der Waals surface area contributed by atoms with E-state index in [2.05, 4.69) is 12.1 Å². The van der Waals surface area contributed by atoms with E-state index in [0.717, 1.165) is 17.7 Å². The molecule has 1 aliphatic heterocycles. The van der Waals surface area contributed by atoms with E-state index >= 15 is 0 Å². The molecule has 0 nitrogen and oxygen atoms in total. The number of alkyl halides is 3. The molecule has 2 aromatic carbocycles. The molecule has 2 aromatic rings. The molecule has 0 spiro atoms. The average molecular weight is 294 g/mol. The predicted molar refractivity (Wildman–Crippen MR) is 75.9 cm³/mol. The van der Waals surface area contributed by atoms with Gasteiger partial charge in [-0.1, -0.05) is 36.4 Å². The molecular weight excluding hydrogens is 281 g/mol. The van der Waals surface area contributed by atoms with Gasteiger partial charge in [-0.3, -0.25) is 0 Å². The minimum atomic E-state index is -4.27. The van der Waals surface area contributed by atoms with Crippen LogP contribution in [-0.2, 0) is 12.6 Å². The summed E-state index contributed by atoms with van der Waals surface area (Å²) in [6.07, 6.45) is -3.24. The summed E-state index contributed by atoms with van der Waals surface area (Å²) in [5, 5.41) is 0.141. The Morgan fingerprint density at radius 3 is 2.35 bits per heavy atom. The number of halogens is 3. The zero-order valence-corrected chi connectivity index (χ0v) is 11.5. The fourth-order valence-corrected chi connectivity index (χ4v) is 3.85. The van der Waals surface area contributed by atoms with Crippen molar-refractivity contribution in [1.82, 2.24) is 0 Å². The highest BCUT2D eigenvalue weighted by atomic mass is 32.2. The van der Waals surface area contributed by atoms with Crippen LogP contribution in [0.4, 0.5) is 13.2 Å². The number of hydrogen-bond acceptors (Lipinski definition) is 1. The molecule has 1 unspecified atom stereocenters. The minimum Gasteiger partial charge on any atom is -0.166 e. The summed E-state index contributed by atoms with van der Waals surface area (Å²) in [6, 6.07) is 13.7. The van der Waals surface area contributed by atoms with Crippen LogP contribution in [-0.4, -0.2) is 5.75 Å². The van der Waals surface area contributed by atoms with Crippen LogP contribution in [0.3, 0.4) is 0 Å². The molecular formula is C16H13F3S. The topological polar surface area (TPSA) is 0 Å². The highest BCUT2D eigenvalue weighted by molar-refractivity contribution is 7.99. The van der Waals surface area contributed by atoms with Crippen molar-refractivity contribution < 1.29 is 13.2 Å². The molecule has 104 valence electrons. The van der Waals surface area contributed by atoms with Crippen LogP contribution in [0, 0.1) is 0 Å². The third-order valence-electron chi connectivity index (χ3n) is 3.53. The Labute approximate surface area is 120 Å². The van der Waals surface area contributed by atoms with Crippen molar-refractivity contribution in [2.75, 3.05) is 5.75 Å². The number of thioether (sulfide) groups is 1. The van der Waals surface area contributed by atoms with E-state index in [1.54, 1.807) is 23.9 Å². The zero-order valence-electron chi connectivity index (χ0n) is 10.7. The Balaban J connectivity index is 1.95. The summed E-state index contributed by atoms with van der Waals surface area (Å²) in [5.74, 6) is 1.00. The predicted octanol–water partition coefficient (Wildman–Crippen LogP) is 5.08. The minimum absolute atomic E-state index is 0.141. The number of aryl methyl sites for hydroxylation is 1. The van der Waals surface area contributed by atoms with Gasteiger partial charge in [0.05, 0.1) is 10.8 Å². The molecule has 3 rings (SSSR count). The Kier molecular flexibility index (Phi) is 3.50. The summed E-state index contributed by atoms with van der Waals surface area (Å²) in [6.45, 7) is 0. The van der Waals surface area contributed by atoms with Crippen molar-refractivity contribution in [2.24, 2.45) is 0 Å². The molecule has 1 heterocycles. The first-order chi connectivity index (χ1) is 9.55. The van der Waals surface area contributed by atoms with Crippen molar-refractivity contribution in [1.29, 1.82) is 0 Å². The first-order valence-electron chi connectivity index (χ1n) is 6.42. The summed E-state index contributed by atoms with van der Waals surface area (Å²) >= 11 is 1.79. The van der Waals surface area contributed by atoms with Gasteiger partial charge >= 0.3 is 6.18 Å². The molecule has 20 heavy (non-hydrogen) atoms. The second-order valence-corrected chi connectivity index (χ2v) is 6.03. The van der Waals surface area contributed by atoms with E-state index in [1.807, 2.05) is 12.1 Å². The molecule has 0 saturated heterocycles. The molecule has 0 N–H and O–H groups in total. The molecule has 0 aromatic heterocycles. The summed E-state index contributed by atoms with van der Waals surface area (Å²) in [5.41, 5.74) is 2.88. The molecule has 0 radical (unpaired) electrons. The zero-order chi connectivity index (χ0) is 14.2. The lowest BCUT2D eigenvalue weighted by atomic mass is 9.96. The lowest BCUT2D eigenvalue weighted by Crippen LogP contribution is -2.10. The van der Waals surface area contributed by atoms with Crippen molar-refractivity contribution >= 4 is 11.8 Å². The van der Waals surface area contributed by atoms with E-state index in [9.17, 15) is 13.2 Å². The van der Waals surface area contributed by atoms with Crippen LogP contribution in [0.5, 0.6) is 0 Å². The molecule has 0 saturated carbocycles. The monoisotopic (exact) mass is 294 g/mol. The number of fused-ring (bicyclic) bond motifs is 1. The maximum Gasteiger partial charge on any atom is 0.416 e. The van der Waals surface area contributed by atoms with E-state index in [0.29, 0.717) is 0 Å². The average Bonchev–Trinajstić information content (AvgIpc) is 2.46. The standard InChI is InChI=1S/C16H13F3S/c17-16(18,19)13-7-5-12(6-8-13)15-14-4-2-1-3-11(14)9-10-20-15/h1-8,15H,9-10H2. The number of rotatable bonds is 1. The van der Waals surface area contributed by atoms with Gasteiger partial charge in [0, 0.05) is 0 Å². The maximum absolute atomic E-state index is 12.6. The second kappa shape index (κ2) is 5.17. The van der Waals surface area contributed by atoms with Crippen LogP contribution in [0.15, 0.2) is 48.5 Å². The molecule has 0 bridgehead atoms. The van der Waals surface area contributed by atoms with Crippen LogP contribution >= 0.6 is 11.8 Å². The Bertz CT molecular complexity index is 602. The van der Waals surface area contributed by atoms with Gasteiger partial charge in [-0.15, -0.1) is 11.8 Å². The van der Waals surface area contributed by atoms with Gasteiger partial charge in [-0.2, -0.15) is 13.2 Å². The van der Waals surface area contributed by atoms with Gasteiger partial charge in [0.1, 0.15) is 0 Å². The Hall–Kier alpha value is -1.42. The maximum atomic E-state index is 12.6. The van der Waals surface area contributed by atoms with Crippen molar-refractivity contribution in [3.63, 3.8) is 0 Å². The van der Waals surface area contributed by atoms with E-state index in [1.165, 1.54) is 23.3 Å². The van der Waals surface area contributed by atoms with Crippen LogP contribution in [0.25, 0.3) is 0 Å². The number of benzene rings is 2. The summed E-state index contributed by atoms with van der Waals surface area (Å²) in [7, 11) is 0.